The fourth-order valence-corrected chi connectivity index (χ4v) is 2.57. The highest BCUT2D eigenvalue weighted by Crippen LogP contribution is 2.14. The number of hydrogen-bond donors (Lipinski definition) is 2. The third kappa shape index (κ3) is 5.34. The fourth-order valence-electron chi connectivity index (χ4n) is 2.57. The molecule has 2 aromatic carbocycles. The molecule has 0 aliphatic heterocycles. The molecule has 0 radical (unpaired) electrons. The highest BCUT2D eigenvalue weighted by atomic mass is 19.1. The van der Waals surface area contributed by atoms with E-state index in [1.807, 2.05) is 38.1 Å². The standard InChI is InChI=1S/C21H21FN4O/c1-14-3-9-18(10-4-14)25-21-24-15(2)13-19(26-21)20(27)23-12-11-16-5-7-17(22)8-6-16/h3-10,13H,11-12H2,1-2H3,(H,23,27)(H,24,25,26). The van der Waals surface area contributed by atoms with Crippen molar-refractivity contribution in [2.75, 3.05) is 11.9 Å². The number of carbonyl (C=O) groups is 1. The van der Waals surface area contributed by atoms with Crippen LogP contribution in [0.5, 0.6) is 0 Å². The van der Waals surface area contributed by atoms with Crippen LogP contribution in [-0.4, -0.2) is 22.4 Å². The van der Waals surface area contributed by atoms with Gasteiger partial charge in [0.1, 0.15) is 11.5 Å². The van der Waals surface area contributed by atoms with E-state index in [9.17, 15) is 9.18 Å². The molecule has 1 amide bonds. The summed E-state index contributed by atoms with van der Waals surface area (Å²) < 4.78 is 12.9. The Kier molecular flexibility index (Phi) is 5.76. The van der Waals surface area contributed by atoms with Gasteiger partial charge < -0.3 is 10.6 Å². The van der Waals surface area contributed by atoms with E-state index in [1.165, 1.54) is 12.1 Å². The van der Waals surface area contributed by atoms with Gasteiger partial charge in [-0.25, -0.2) is 14.4 Å². The molecule has 3 aromatic rings. The maximum Gasteiger partial charge on any atom is 0.270 e. The molecule has 1 heterocycles. The van der Waals surface area contributed by atoms with Gasteiger partial charge in [0.25, 0.3) is 5.91 Å². The van der Waals surface area contributed by atoms with Crippen LogP contribution in [0.3, 0.4) is 0 Å². The molecule has 0 aliphatic rings. The number of nitrogens with zero attached hydrogens (tertiary/aromatic N) is 2. The molecule has 27 heavy (non-hydrogen) atoms. The first-order valence-corrected chi connectivity index (χ1v) is 8.71. The van der Waals surface area contributed by atoms with E-state index in [-0.39, 0.29) is 11.7 Å². The summed E-state index contributed by atoms with van der Waals surface area (Å²) in [5.41, 5.74) is 3.97. The molecule has 3 rings (SSSR count). The number of nitrogens with one attached hydrogen (secondary N) is 2. The van der Waals surface area contributed by atoms with Gasteiger partial charge in [-0.3, -0.25) is 4.79 Å². The van der Waals surface area contributed by atoms with Crippen molar-refractivity contribution in [1.82, 2.24) is 15.3 Å². The van der Waals surface area contributed by atoms with Crippen LogP contribution >= 0.6 is 0 Å². The van der Waals surface area contributed by atoms with Crippen molar-refractivity contribution in [2.45, 2.75) is 20.3 Å². The SMILES string of the molecule is Cc1ccc(Nc2nc(C)cc(C(=O)NCCc3ccc(F)cc3)n2)cc1. The summed E-state index contributed by atoms with van der Waals surface area (Å²) in [6.45, 7) is 4.27. The second kappa shape index (κ2) is 8.40. The van der Waals surface area contributed by atoms with E-state index in [1.54, 1.807) is 18.2 Å². The van der Waals surface area contributed by atoms with Crippen LogP contribution in [0.1, 0.15) is 27.3 Å². The summed E-state index contributed by atoms with van der Waals surface area (Å²) in [4.78, 5) is 21.0. The molecule has 0 unspecified atom stereocenters. The zero-order chi connectivity index (χ0) is 19.2. The molecule has 0 aliphatic carbocycles. The van der Waals surface area contributed by atoms with Crippen LogP contribution in [0.2, 0.25) is 0 Å². The average molecular weight is 364 g/mol. The van der Waals surface area contributed by atoms with Gasteiger partial charge in [0, 0.05) is 17.9 Å². The first-order valence-electron chi connectivity index (χ1n) is 8.71. The number of aromatic nitrogens is 2. The summed E-state index contributed by atoms with van der Waals surface area (Å²) in [5.74, 6) is -0.162. The lowest BCUT2D eigenvalue weighted by atomic mass is 10.1. The second-order valence-electron chi connectivity index (χ2n) is 6.34. The molecule has 5 nitrogen and oxygen atoms in total. The molecule has 0 saturated heterocycles. The molecular formula is C21H21FN4O. The van der Waals surface area contributed by atoms with Crippen molar-refractivity contribution in [2.24, 2.45) is 0 Å². The summed E-state index contributed by atoms with van der Waals surface area (Å²) in [6.07, 6.45) is 0.616. The number of halogens is 1. The Morgan fingerprint density at radius 2 is 1.70 bits per heavy atom. The van der Waals surface area contributed by atoms with E-state index in [0.29, 0.717) is 30.3 Å². The Morgan fingerprint density at radius 3 is 2.41 bits per heavy atom. The fraction of sp³-hybridized carbons (Fsp3) is 0.190. The van der Waals surface area contributed by atoms with Gasteiger partial charge in [-0.2, -0.15) is 0 Å². The molecule has 0 saturated carbocycles. The molecule has 0 bridgehead atoms. The van der Waals surface area contributed by atoms with Gasteiger partial charge in [0.15, 0.2) is 0 Å². The van der Waals surface area contributed by atoms with Gasteiger partial charge in [-0.1, -0.05) is 29.8 Å². The Labute approximate surface area is 157 Å². The Morgan fingerprint density at radius 1 is 1.00 bits per heavy atom. The summed E-state index contributed by atoms with van der Waals surface area (Å²) in [7, 11) is 0. The molecule has 0 spiro atoms. The average Bonchev–Trinajstić information content (AvgIpc) is 2.65. The number of rotatable bonds is 6. The molecule has 138 valence electrons. The highest BCUT2D eigenvalue weighted by molar-refractivity contribution is 5.92. The lowest BCUT2D eigenvalue weighted by molar-refractivity contribution is 0.0949. The molecule has 0 fully saturated rings. The third-order valence-corrected chi connectivity index (χ3v) is 4.01. The number of aryl methyl sites for hydroxylation is 2. The molecular weight excluding hydrogens is 343 g/mol. The summed E-state index contributed by atoms with van der Waals surface area (Å²) >= 11 is 0. The topological polar surface area (TPSA) is 66.9 Å². The Hall–Kier alpha value is -3.28. The number of carbonyl (C=O) groups excluding carboxylic acids is 1. The molecule has 6 heteroatoms. The van der Waals surface area contributed by atoms with Crippen LogP contribution in [0.15, 0.2) is 54.6 Å². The maximum absolute atomic E-state index is 12.9. The predicted octanol–water partition coefficient (Wildman–Crippen LogP) is 3.95. The first kappa shape index (κ1) is 18.5. The van der Waals surface area contributed by atoms with Crippen molar-refractivity contribution < 1.29 is 9.18 Å². The lowest BCUT2D eigenvalue weighted by Crippen LogP contribution is -2.27. The maximum atomic E-state index is 12.9. The van der Waals surface area contributed by atoms with E-state index in [0.717, 1.165) is 16.8 Å². The minimum atomic E-state index is -0.271. The Bertz CT molecular complexity index is 924. The van der Waals surface area contributed by atoms with E-state index >= 15 is 0 Å². The molecule has 1 aromatic heterocycles. The van der Waals surface area contributed by atoms with Crippen LogP contribution in [0.4, 0.5) is 16.0 Å². The third-order valence-electron chi connectivity index (χ3n) is 4.01. The van der Waals surface area contributed by atoms with E-state index < -0.39 is 0 Å². The summed E-state index contributed by atoms with van der Waals surface area (Å²) in [6, 6.07) is 15.7. The van der Waals surface area contributed by atoms with Crippen molar-refractivity contribution in [3.8, 4) is 0 Å². The highest BCUT2D eigenvalue weighted by Gasteiger charge is 2.10. The second-order valence-corrected chi connectivity index (χ2v) is 6.34. The van der Waals surface area contributed by atoms with Gasteiger partial charge in [-0.15, -0.1) is 0 Å². The molecule has 2 N–H and O–H groups in total. The number of hydrogen-bond acceptors (Lipinski definition) is 4. The van der Waals surface area contributed by atoms with Gasteiger partial charge >= 0.3 is 0 Å². The van der Waals surface area contributed by atoms with Crippen molar-refractivity contribution in [3.05, 3.63) is 82.9 Å². The zero-order valence-corrected chi connectivity index (χ0v) is 15.3. The van der Waals surface area contributed by atoms with Crippen LogP contribution in [0.25, 0.3) is 0 Å². The van der Waals surface area contributed by atoms with E-state index in [4.69, 9.17) is 0 Å². The minimum absolute atomic E-state index is 0.269. The van der Waals surface area contributed by atoms with Crippen LogP contribution < -0.4 is 10.6 Å². The summed E-state index contributed by atoms with van der Waals surface area (Å²) in [5, 5.41) is 5.95. The number of anilines is 2. The van der Waals surface area contributed by atoms with Gasteiger partial charge in [0.2, 0.25) is 5.95 Å². The van der Waals surface area contributed by atoms with Crippen molar-refractivity contribution in [3.63, 3.8) is 0 Å². The number of benzene rings is 2. The van der Waals surface area contributed by atoms with Gasteiger partial charge in [-0.05, 0) is 56.2 Å². The smallest absolute Gasteiger partial charge is 0.270 e. The lowest BCUT2D eigenvalue weighted by Gasteiger charge is -2.09. The molecule has 0 atom stereocenters. The van der Waals surface area contributed by atoms with Crippen LogP contribution in [0, 0.1) is 19.7 Å². The first-order chi connectivity index (χ1) is 13.0. The predicted molar refractivity (Wildman–Crippen MR) is 104 cm³/mol. The Balaban J connectivity index is 1.63. The zero-order valence-electron chi connectivity index (χ0n) is 15.3. The number of amides is 1. The largest absolute Gasteiger partial charge is 0.350 e. The van der Waals surface area contributed by atoms with Gasteiger partial charge in [0.05, 0.1) is 0 Å². The van der Waals surface area contributed by atoms with E-state index in [2.05, 4.69) is 20.6 Å². The minimum Gasteiger partial charge on any atom is -0.350 e. The van der Waals surface area contributed by atoms with Crippen molar-refractivity contribution in [1.29, 1.82) is 0 Å². The monoisotopic (exact) mass is 364 g/mol. The van der Waals surface area contributed by atoms with Crippen molar-refractivity contribution >= 4 is 17.5 Å². The van der Waals surface area contributed by atoms with Crippen LogP contribution in [-0.2, 0) is 6.42 Å². The normalized spacial score (nSPS) is 10.5. The quantitative estimate of drug-likeness (QED) is 0.695.